The van der Waals surface area contributed by atoms with E-state index in [9.17, 15) is 4.79 Å². The zero-order valence-corrected chi connectivity index (χ0v) is 12.1. The Labute approximate surface area is 119 Å². The maximum absolute atomic E-state index is 11.6. The van der Waals surface area contributed by atoms with Gasteiger partial charge in [-0.3, -0.25) is 0 Å². The quantitative estimate of drug-likeness (QED) is 0.904. The molecular formula is C14H22N4O2. The van der Waals surface area contributed by atoms with Crippen LogP contribution in [0.1, 0.15) is 25.5 Å². The number of ether oxygens (including phenoxy) is 1. The van der Waals surface area contributed by atoms with Gasteiger partial charge in [0, 0.05) is 38.4 Å². The highest BCUT2D eigenvalue weighted by molar-refractivity contribution is 5.68. The lowest BCUT2D eigenvalue weighted by atomic mass is 10.1. The first-order valence-corrected chi connectivity index (χ1v) is 7.00. The largest absolute Gasteiger partial charge is 0.450 e. The number of hydrogen-bond acceptors (Lipinski definition) is 5. The van der Waals surface area contributed by atoms with Crippen LogP contribution in [0.2, 0.25) is 0 Å². The van der Waals surface area contributed by atoms with Gasteiger partial charge < -0.3 is 20.3 Å². The van der Waals surface area contributed by atoms with Gasteiger partial charge in [0.2, 0.25) is 0 Å². The molecule has 0 spiro atoms. The summed E-state index contributed by atoms with van der Waals surface area (Å²) in [6, 6.07) is 3.95. The van der Waals surface area contributed by atoms with Gasteiger partial charge in [-0.1, -0.05) is 0 Å². The van der Waals surface area contributed by atoms with Crippen LogP contribution in [0.25, 0.3) is 0 Å². The molecule has 1 aliphatic heterocycles. The number of amides is 1. The second kappa shape index (κ2) is 6.56. The number of anilines is 1. The zero-order valence-electron chi connectivity index (χ0n) is 12.1. The van der Waals surface area contributed by atoms with E-state index in [-0.39, 0.29) is 12.1 Å². The Morgan fingerprint density at radius 3 is 2.75 bits per heavy atom. The fourth-order valence-corrected chi connectivity index (χ4v) is 2.22. The van der Waals surface area contributed by atoms with Gasteiger partial charge in [-0.05, 0) is 31.5 Å². The second-order valence-corrected chi connectivity index (χ2v) is 4.91. The van der Waals surface area contributed by atoms with E-state index in [0.717, 1.165) is 24.5 Å². The van der Waals surface area contributed by atoms with Gasteiger partial charge in [0.05, 0.1) is 6.61 Å². The predicted octanol–water partition coefficient (Wildman–Crippen LogP) is 1.38. The van der Waals surface area contributed by atoms with E-state index in [1.807, 2.05) is 26.0 Å². The van der Waals surface area contributed by atoms with Crippen molar-refractivity contribution < 1.29 is 9.53 Å². The summed E-state index contributed by atoms with van der Waals surface area (Å²) in [5, 5.41) is 0. The van der Waals surface area contributed by atoms with Crippen molar-refractivity contribution in [2.75, 3.05) is 37.7 Å². The minimum Gasteiger partial charge on any atom is -0.450 e. The third kappa shape index (κ3) is 3.39. The van der Waals surface area contributed by atoms with Crippen molar-refractivity contribution in [3.8, 4) is 0 Å². The average molecular weight is 278 g/mol. The van der Waals surface area contributed by atoms with Crippen LogP contribution in [-0.2, 0) is 4.74 Å². The molecule has 110 valence electrons. The molecular weight excluding hydrogens is 256 g/mol. The van der Waals surface area contributed by atoms with Crippen LogP contribution < -0.4 is 10.6 Å². The Hall–Kier alpha value is -1.82. The first-order chi connectivity index (χ1) is 9.61. The molecule has 1 atom stereocenters. The van der Waals surface area contributed by atoms with Crippen molar-refractivity contribution in [2.45, 2.75) is 19.9 Å². The highest BCUT2D eigenvalue weighted by Crippen LogP contribution is 2.18. The Morgan fingerprint density at radius 2 is 2.15 bits per heavy atom. The molecule has 2 N–H and O–H groups in total. The third-order valence-electron chi connectivity index (χ3n) is 3.43. The number of aromatic nitrogens is 1. The van der Waals surface area contributed by atoms with E-state index in [2.05, 4.69) is 9.88 Å². The Balaban J connectivity index is 1.97. The molecule has 1 aliphatic rings. The topological polar surface area (TPSA) is 71.7 Å². The number of hydrogen-bond donors (Lipinski definition) is 1. The molecule has 0 bridgehead atoms. The van der Waals surface area contributed by atoms with Crippen LogP contribution in [0.5, 0.6) is 0 Å². The molecule has 6 heteroatoms. The summed E-state index contributed by atoms with van der Waals surface area (Å²) in [6.45, 7) is 7.01. The van der Waals surface area contributed by atoms with Gasteiger partial charge in [0.15, 0.2) is 0 Å². The van der Waals surface area contributed by atoms with Crippen molar-refractivity contribution in [1.29, 1.82) is 0 Å². The summed E-state index contributed by atoms with van der Waals surface area (Å²) >= 11 is 0. The number of carbonyl (C=O) groups excluding carboxylic acids is 1. The van der Waals surface area contributed by atoms with E-state index in [1.54, 1.807) is 11.1 Å². The smallest absolute Gasteiger partial charge is 0.409 e. The maximum Gasteiger partial charge on any atom is 0.409 e. The van der Waals surface area contributed by atoms with Crippen LogP contribution >= 0.6 is 0 Å². The van der Waals surface area contributed by atoms with Crippen LogP contribution in [-0.4, -0.2) is 48.8 Å². The molecule has 20 heavy (non-hydrogen) atoms. The molecule has 2 rings (SSSR count). The number of rotatable bonds is 3. The molecule has 6 nitrogen and oxygen atoms in total. The molecule has 1 aromatic heterocycles. The summed E-state index contributed by atoms with van der Waals surface area (Å²) in [7, 11) is 0. The Kier molecular flexibility index (Phi) is 4.79. The van der Waals surface area contributed by atoms with Crippen LogP contribution in [0.3, 0.4) is 0 Å². The van der Waals surface area contributed by atoms with Crippen LogP contribution in [0, 0.1) is 0 Å². The van der Waals surface area contributed by atoms with E-state index in [4.69, 9.17) is 10.5 Å². The molecule has 1 fully saturated rings. The van der Waals surface area contributed by atoms with Crippen molar-refractivity contribution in [1.82, 2.24) is 9.88 Å². The lowest BCUT2D eigenvalue weighted by Crippen LogP contribution is -2.49. The monoisotopic (exact) mass is 278 g/mol. The molecule has 1 amide bonds. The van der Waals surface area contributed by atoms with Gasteiger partial charge in [-0.2, -0.15) is 0 Å². The lowest BCUT2D eigenvalue weighted by Gasteiger charge is -2.34. The first-order valence-electron chi connectivity index (χ1n) is 7.00. The average Bonchev–Trinajstić information content (AvgIpc) is 2.48. The van der Waals surface area contributed by atoms with Crippen molar-refractivity contribution in [3.63, 3.8) is 0 Å². The van der Waals surface area contributed by atoms with Gasteiger partial charge >= 0.3 is 6.09 Å². The SMILES string of the molecule is CCOC(=O)N1CCN(c2cc([C@H](C)N)ccn2)CC1. The van der Waals surface area contributed by atoms with E-state index in [1.165, 1.54) is 0 Å². The molecule has 0 radical (unpaired) electrons. The van der Waals surface area contributed by atoms with E-state index in [0.29, 0.717) is 19.7 Å². The van der Waals surface area contributed by atoms with Crippen LogP contribution in [0.15, 0.2) is 18.3 Å². The first kappa shape index (κ1) is 14.6. The highest BCUT2D eigenvalue weighted by atomic mass is 16.6. The minimum absolute atomic E-state index is 0.00225. The number of nitrogens with zero attached hydrogens (tertiary/aromatic N) is 3. The number of carbonyl (C=O) groups is 1. The molecule has 1 saturated heterocycles. The minimum atomic E-state index is -0.232. The number of nitrogens with two attached hydrogens (primary N) is 1. The highest BCUT2D eigenvalue weighted by Gasteiger charge is 2.22. The van der Waals surface area contributed by atoms with E-state index < -0.39 is 0 Å². The standard InChI is InChI=1S/C14H22N4O2/c1-3-20-14(19)18-8-6-17(7-9-18)13-10-12(11(2)15)4-5-16-13/h4-5,10-11H,3,6-9,15H2,1-2H3/t11-/m0/s1. The summed E-state index contributed by atoms with van der Waals surface area (Å²) in [4.78, 5) is 19.9. The lowest BCUT2D eigenvalue weighted by molar-refractivity contribution is 0.105. The molecule has 2 heterocycles. The maximum atomic E-state index is 11.6. The molecule has 0 aliphatic carbocycles. The predicted molar refractivity (Wildman–Crippen MR) is 77.6 cm³/mol. The third-order valence-corrected chi connectivity index (χ3v) is 3.43. The Bertz CT molecular complexity index is 456. The van der Waals surface area contributed by atoms with Crippen molar-refractivity contribution in [2.24, 2.45) is 5.73 Å². The fraction of sp³-hybridized carbons (Fsp3) is 0.571. The summed E-state index contributed by atoms with van der Waals surface area (Å²) in [6.07, 6.45) is 1.55. The Morgan fingerprint density at radius 1 is 1.45 bits per heavy atom. The van der Waals surface area contributed by atoms with Gasteiger partial charge in [0.1, 0.15) is 5.82 Å². The van der Waals surface area contributed by atoms with Crippen molar-refractivity contribution in [3.05, 3.63) is 23.9 Å². The van der Waals surface area contributed by atoms with Crippen molar-refractivity contribution >= 4 is 11.9 Å². The zero-order chi connectivity index (χ0) is 14.5. The number of pyridine rings is 1. The van der Waals surface area contributed by atoms with Gasteiger partial charge in [-0.25, -0.2) is 9.78 Å². The van der Waals surface area contributed by atoms with Gasteiger partial charge in [0.25, 0.3) is 0 Å². The molecule has 1 aromatic rings. The molecule has 0 unspecified atom stereocenters. The molecule has 0 saturated carbocycles. The fourth-order valence-electron chi connectivity index (χ4n) is 2.22. The summed E-state index contributed by atoms with van der Waals surface area (Å²) < 4.78 is 5.01. The van der Waals surface area contributed by atoms with E-state index >= 15 is 0 Å². The van der Waals surface area contributed by atoms with Gasteiger partial charge in [-0.15, -0.1) is 0 Å². The normalized spacial score (nSPS) is 16.9. The number of piperazine rings is 1. The molecule has 0 aromatic carbocycles. The summed E-state index contributed by atoms with van der Waals surface area (Å²) in [5.41, 5.74) is 6.96. The summed E-state index contributed by atoms with van der Waals surface area (Å²) in [5.74, 6) is 0.920. The van der Waals surface area contributed by atoms with Crippen LogP contribution in [0.4, 0.5) is 10.6 Å². The second-order valence-electron chi connectivity index (χ2n) is 4.91.